The molecule has 1 unspecified atom stereocenters. The average molecular weight is 361 g/mol. The van der Waals surface area contributed by atoms with Crippen LogP contribution in [0.1, 0.15) is 52.3 Å². The van der Waals surface area contributed by atoms with Crippen LogP contribution < -0.4 is 10.6 Å². The van der Waals surface area contributed by atoms with Crippen molar-refractivity contribution in [3.8, 4) is 0 Å². The van der Waals surface area contributed by atoms with Crippen molar-refractivity contribution in [1.82, 2.24) is 15.0 Å². The molecule has 1 aliphatic carbocycles. The number of nitrogens with zero attached hydrogens (tertiary/aromatic N) is 3. The average Bonchev–Trinajstić information content (AvgIpc) is 2.50. The van der Waals surface area contributed by atoms with Gasteiger partial charge in [-0.3, -0.25) is 0 Å². The van der Waals surface area contributed by atoms with Gasteiger partial charge < -0.3 is 10.6 Å². The standard InChI is InChI=1S/C16H23F4N5/c1-4-12(16(18,19)20)22-15-24-13(10-6-5-7-11(17)8-10)23-14(25-15)21-9(2)3/h6,9,11-12H,4-5,7-8H2,1-3H3,(H2,21,22,23,24,25)/t11?,12-/m1/s1. The molecule has 2 rings (SSSR count). The van der Waals surface area contributed by atoms with E-state index in [2.05, 4.69) is 25.6 Å². The van der Waals surface area contributed by atoms with Crippen LogP contribution in [0.15, 0.2) is 6.08 Å². The van der Waals surface area contributed by atoms with E-state index in [1.165, 1.54) is 6.92 Å². The van der Waals surface area contributed by atoms with Gasteiger partial charge in [0.15, 0.2) is 5.82 Å². The summed E-state index contributed by atoms with van der Waals surface area (Å²) in [7, 11) is 0. The molecule has 0 amide bonds. The van der Waals surface area contributed by atoms with Gasteiger partial charge in [-0.05, 0) is 38.7 Å². The van der Waals surface area contributed by atoms with Crippen LogP contribution >= 0.6 is 0 Å². The van der Waals surface area contributed by atoms with Gasteiger partial charge in [-0.15, -0.1) is 0 Å². The molecule has 0 radical (unpaired) electrons. The highest BCUT2D eigenvalue weighted by molar-refractivity contribution is 5.62. The molecule has 1 aromatic rings. The van der Waals surface area contributed by atoms with Crippen LogP contribution in [0.2, 0.25) is 0 Å². The predicted molar refractivity (Wildman–Crippen MR) is 89.1 cm³/mol. The summed E-state index contributed by atoms with van der Waals surface area (Å²) >= 11 is 0. The number of nitrogens with one attached hydrogen (secondary N) is 2. The molecule has 0 spiro atoms. The fraction of sp³-hybridized carbons (Fsp3) is 0.688. The van der Waals surface area contributed by atoms with E-state index >= 15 is 0 Å². The second kappa shape index (κ2) is 7.97. The molecule has 2 N–H and O–H groups in total. The Hall–Kier alpha value is -1.93. The summed E-state index contributed by atoms with van der Waals surface area (Å²) in [6.07, 6.45) is -2.60. The molecule has 1 aliphatic rings. The van der Waals surface area contributed by atoms with Gasteiger partial charge in [-0.1, -0.05) is 13.0 Å². The number of alkyl halides is 4. The maximum absolute atomic E-state index is 13.7. The van der Waals surface area contributed by atoms with Crippen LogP contribution in [0.25, 0.3) is 5.57 Å². The van der Waals surface area contributed by atoms with Gasteiger partial charge in [0.25, 0.3) is 0 Å². The minimum Gasteiger partial charge on any atom is -0.352 e. The van der Waals surface area contributed by atoms with Crippen molar-refractivity contribution < 1.29 is 17.6 Å². The number of hydrogen-bond donors (Lipinski definition) is 2. The Morgan fingerprint density at radius 2 is 1.80 bits per heavy atom. The highest BCUT2D eigenvalue weighted by Gasteiger charge is 2.39. The van der Waals surface area contributed by atoms with Gasteiger partial charge >= 0.3 is 6.18 Å². The minimum absolute atomic E-state index is 0.0121. The Labute approximate surface area is 144 Å². The SMILES string of the molecule is CC[C@@H](Nc1nc(NC(C)C)nc(C2=CCCC(F)C2)n1)C(F)(F)F. The van der Waals surface area contributed by atoms with E-state index in [-0.39, 0.29) is 36.6 Å². The molecule has 2 atom stereocenters. The normalized spacial score (nSPS) is 19.5. The van der Waals surface area contributed by atoms with Gasteiger partial charge in [0.1, 0.15) is 12.2 Å². The van der Waals surface area contributed by atoms with Crippen molar-refractivity contribution in [2.24, 2.45) is 0 Å². The molecule has 0 aliphatic heterocycles. The molecule has 0 saturated carbocycles. The Balaban J connectivity index is 2.35. The quantitative estimate of drug-likeness (QED) is 0.738. The molecular weight excluding hydrogens is 338 g/mol. The lowest BCUT2D eigenvalue weighted by Gasteiger charge is -2.21. The molecular formula is C16H23F4N5. The first kappa shape index (κ1) is 19.4. The van der Waals surface area contributed by atoms with Crippen LogP contribution in [-0.4, -0.2) is 39.4 Å². The number of halogens is 4. The van der Waals surface area contributed by atoms with Crippen LogP contribution in [0.4, 0.5) is 29.5 Å². The molecule has 1 aromatic heterocycles. The monoisotopic (exact) mass is 361 g/mol. The number of anilines is 2. The minimum atomic E-state index is -4.42. The lowest BCUT2D eigenvalue weighted by molar-refractivity contribution is -0.143. The van der Waals surface area contributed by atoms with Gasteiger partial charge in [0, 0.05) is 12.5 Å². The van der Waals surface area contributed by atoms with Crippen molar-refractivity contribution in [2.75, 3.05) is 10.6 Å². The molecule has 0 saturated heterocycles. The Kier molecular flexibility index (Phi) is 6.18. The van der Waals surface area contributed by atoms with Crippen molar-refractivity contribution >= 4 is 17.5 Å². The Morgan fingerprint density at radius 3 is 2.32 bits per heavy atom. The Bertz CT molecular complexity index is 615. The highest BCUT2D eigenvalue weighted by atomic mass is 19.4. The molecule has 9 heteroatoms. The molecule has 140 valence electrons. The summed E-state index contributed by atoms with van der Waals surface area (Å²) in [5, 5.41) is 5.29. The largest absolute Gasteiger partial charge is 0.408 e. The van der Waals surface area contributed by atoms with Gasteiger partial charge in [0.2, 0.25) is 11.9 Å². The molecule has 0 fully saturated rings. The van der Waals surface area contributed by atoms with E-state index in [9.17, 15) is 17.6 Å². The molecule has 5 nitrogen and oxygen atoms in total. The van der Waals surface area contributed by atoms with Crippen molar-refractivity contribution in [1.29, 1.82) is 0 Å². The zero-order chi connectivity index (χ0) is 18.6. The summed E-state index contributed by atoms with van der Waals surface area (Å²) in [5.74, 6) is 0.209. The van der Waals surface area contributed by atoms with E-state index in [4.69, 9.17) is 0 Å². The number of hydrogen-bond acceptors (Lipinski definition) is 5. The van der Waals surface area contributed by atoms with E-state index in [0.29, 0.717) is 18.4 Å². The van der Waals surface area contributed by atoms with Crippen LogP contribution in [0.5, 0.6) is 0 Å². The third-order valence-electron chi connectivity index (χ3n) is 3.76. The lowest BCUT2D eigenvalue weighted by Crippen LogP contribution is -2.36. The van der Waals surface area contributed by atoms with Crippen molar-refractivity contribution in [2.45, 2.75) is 70.9 Å². The fourth-order valence-corrected chi connectivity index (χ4v) is 2.52. The van der Waals surface area contributed by atoms with Crippen LogP contribution in [0.3, 0.4) is 0 Å². The van der Waals surface area contributed by atoms with Crippen molar-refractivity contribution in [3.63, 3.8) is 0 Å². The topological polar surface area (TPSA) is 62.7 Å². The third kappa shape index (κ3) is 5.54. The smallest absolute Gasteiger partial charge is 0.352 e. The first-order valence-corrected chi connectivity index (χ1v) is 8.38. The first-order valence-electron chi connectivity index (χ1n) is 8.38. The van der Waals surface area contributed by atoms with E-state index in [1.54, 1.807) is 0 Å². The lowest BCUT2D eigenvalue weighted by atomic mass is 9.97. The molecule has 0 aromatic carbocycles. The zero-order valence-electron chi connectivity index (χ0n) is 14.5. The maximum atomic E-state index is 13.7. The zero-order valence-corrected chi connectivity index (χ0v) is 14.5. The number of allylic oxidation sites excluding steroid dienone is 2. The molecule has 25 heavy (non-hydrogen) atoms. The van der Waals surface area contributed by atoms with Gasteiger partial charge in [-0.2, -0.15) is 28.1 Å². The van der Waals surface area contributed by atoms with E-state index in [1.807, 2.05) is 19.9 Å². The second-order valence-electron chi connectivity index (χ2n) is 6.36. The summed E-state index contributed by atoms with van der Waals surface area (Å²) in [4.78, 5) is 12.4. The highest BCUT2D eigenvalue weighted by Crippen LogP contribution is 2.29. The first-order chi connectivity index (χ1) is 11.7. The van der Waals surface area contributed by atoms with Crippen LogP contribution in [0, 0.1) is 0 Å². The third-order valence-corrected chi connectivity index (χ3v) is 3.76. The molecule has 0 bridgehead atoms. The summed E-state index contributed by atoms with van der Waals surface area (Å²) in [6.45, 7) is 5.15. The summed E-state index contributed by atoms with van der Waals surface area (Å²) in [6, 6.07) is -1.77. The molecule has 1 heterocycles. The summed E-state index contributed by atoms with van der Waals surface area (Å²) in [5.41, 5.74) is 0.594. The van der Waals surface area contributed by atoms with E-state index in [0.717, 1.165) is 0 Å². The fourth-order valence-electron chi connectivity index (χ4n) is 2.52. The second-order valence-corrected chi connectivity index (χ2v) is 6.36. The number of aromatic nitrogens is 3. The van der Waals surface area contributed by atoms with Crippen molar-refractivity contribution in [3.05, 3.63) is 11.9 Å². The van der Waals surface area contributed by atoms with Crippen LogP contribution in [-0.2, 0) is 0 Å². The number of rotatable bonds is 6. The summed E-state index contributed by atoms with van der Waals surface area (Å²) < 4.78 is 52.7. The maximum Gasteiger partial charge on any atom is 0.408 e. The Morgan fingerprint density at radius 1 is 1.16 bits per heavy atom. The van der Waals surface area contributed by atoms with Gasteiger partial charge in [0.05, 0.1) is 0 Å². The van der Waals surface area contributed by atoms with Gasteiger partial charge in [-0.25, -0.2) is 4.39 Å². The predicted octanol–water partition coefficient (Wildman–Crippen LogP) is 4.35. The van der Waals surface area contributed by atoms with E-state index < -0.39 is 18.4 Å².